The molecule has 0 radical (unpaired) electrons. The van der Waals surface area contributed by atoms with Gasteiger partial charge >= 0.3 is 6.61 Å². The van der Waals surface area contributed by atoms with Crippen molar-refractivity contribution in [1.29, 1.82) is 0 Å². The van der Waals surface area contributed by atoms with Crippen LogP contribution in [0, 0.1) is 6.92 Å². The number of aromatic nitrogens is 3. The minimum absolute atomic E-state index is 0.0140. The van der Waals surface area contributed by atoms with Gasteiger partial charge in [0, 0.05) is 7.05 Å². The fraction of sp³-hybridized carbons (Fsp3) is 0.286. The number of hydrogen-bond donors (Lipinski definition) is 0. The Hall–Kier alpha value is -3.14. The standard InChI is InChI=1S/C21H19F2N3O4S/c1-12-7-8-15(30-20(22)23)13(9-12)14(27)11-31-21-25-24-19(26(21)2)18-10-28-16-5-3-4-6-17(16)29-18/h3-9,18,20H,10-11H2,1-2H3. The number of carbonyl (C=O) groups excluding carboxylic acids is 1. The first kappa shape index (κ1) is 21.1. The fourth-order valence-electron chi connectivity index (χ4n) is 3.15. The molecule has 0 saturated carbocycles. The number of ketones is 1. The fourth-order valence-corrected chi connectivity index (χ4v) is 3.95. The largest absolute Gasteiger partial charge is 0.485 e. The average Bonchev–Trinajstić information content (AvgIpc) is 3.13. The van der Waals surface area contributed by atoms with Crippen LogP contribution in [0.3, 0.4) is 0 Å². The predicted octanol–water partition coefficient (Wildman–Crippen LogP) is 4.21. The first-order valence-electron chi connectivity index (χ1n) is 9.41. The van der Waals surface area contributed by atoms with Gasteiger partial charge in [0.05, 0.1) is 11.3 Å². The van der Waals surface area contributed by atoms with Gasteiger partial charge in [-0.15, -0.1) is 10.2 Å². The number of hydrogen-bond acceptors (Lipinski definition) is 7. The topological polar surface area (TPSA) is 75.5 Å². The Morgan fingerprint density at radius 3 is 2.81 bits per heavy atom. The van der Waals surface area contributed by atoms with Crippen molar-refractivity contribution in [2.75, 3.05) is 12.4 Å². The van der Waals surface area contributed by atoms with Gasteiger partial charge in [0.2, 0.25) is 0 Å². The first-order valence-corrected chi connectivity index (χ1v) is 10.4. The lowest BCUT2D eigenvalue weighted by Crippen LogP contribution is -2.24. The summed E-state index contributed by atoms with van der Waals surface area (Å²) in [6.07, 6.45) is -0.444. The molecule has 0 spiro atoms. The third kappa shape index (κ3) is 4.63. The van der Waals surface area contributed by atoms with Crippen LogP contribution in [0.4, 0.5) is 8.78 Å². The number of halogens is 2. The van der Waals surface area contributed by atoms with Crippen LogP contribution in [0.25, 0.3) is 0 Å². The van der Waals surface area contributed by atoms with E-state index in [0.717, 1.165) is 17.3 Å². The van der Waals surface area contributed by atoms with Gasteiger partial charge in [-0.2, -0.15) is 8.78 Å². The Balaban J connectivity index is 1.46. The summed E-state index contributed by atoms with van der Waals surface area (Å²) in [5.41, 5.74) is 0.876. The van der Waals surface area contributed by atoms with Gasteiger partial charge in [-0.25, -0.2) is 0 Å². The lowest BCUT2D eigenvalue weighted by molar-refractivity contribution is -0.0501. The summed E-state index contributed by atoms with van der Waals surface area (Å²) in [5.74, 6) is 1.34. The highest BCUT2D eigenvalue weighted by Crippen LogP contribution is 2.36. The molecule has 0 bridgehead atoms. The van der Waals surface area contributed by atoms with Crippen LogP contribution in [0.1, 0.15) is 27.8 Å². The Kier molecular flexibility index (Phi) is 6.08. The average molecular weight is 447 g/mol. The number of rotatable bonds is 7. The number of alkyl halides is 2. The van der Waals surface area contributed by atoms with E-state index in [9.17, 15) is 13.6 Å². The second kappa shape index (κ2) is 8.93. The van der Waals surface area contributed by atoms with Crippen molar-refractivity contribution in [3.8, 4) is 17.2 Å². The highest BCUT2D eigenvalue weighted by atomic mass is 32.2. The number of benzene rings is 2. The van der Waals surface area contributed by atoms with Crippen LogP contribution in [0.2, 0.25) is 0 Å². The molecule has 1 aliphatic rings. The lowest BCUT2D eigenvalue weighted by atomic mass is 10.1. The Bertz CT molecular complexity index is 1110. The summed E-state index contributed by atoms with van der Waals surface area (Å²) < 4.78 is 43.2. The summed E-state index contributed by atoms with van der Waals surface area (Å²) >= 11 is 1.15. The van der Waals surface area contributed by atoms with E-state index in [1.165, 1.54) is 12.1 Å². The molecule has 1 unspecified atom stereocenters. The van der Waals surface area contributed by atoms with E-state index in [2.05, 4.69) is 14.9 Å². The number of fused-ring (bicyclic) bond motifs is 1. The van der Waals surface area contributed by atoms with Gasteiger partial charge in [-0.3, -0.25) is 4.79 Å². The van der Waals surface area contributed by atoms with Crippen molar-refractivity contribution in [2.45, 2.75) is 24.8 Å². The van der Waals surface area contributed by atoms with E-state index in [1.807, 2.05) is 24.3 Å². The molecule has 0 aliphatic carbocycles. The number of Topliss-reactive ketones (excluding diaryl/α,β-unsaturated/α-hetero) is 1. The van der Waals surface area contributed by atoms with E-state index in [0.29, 0.717) is 22.5 Å². The Morgan fingerprint density at radius 1 is 1.26 bits per heavy atom. The van der Waals surface area contributed by atoms with Gasteiger partial charge in [-0.1, -0.05) is 35.5 Å². The Labute approximate surface area is 181 Å². The molecule has 2 aromatic carbocycles. The zero-order valence-electron chi connectivity index (χ0n) is 16.7. The minimum Gasteiger partial charge on any atom is -0.485 e. The molecule has 2 heterocycles. The quantitative estimate of drug-likeness (QED) is 0.397. The number of thioether (sulfide) groups is 1. The predicted molar refractivity (Wildman–Crippen MR) is 109 cm³/mol. The van der Waals surface area contributed by atoms with E-state index >= 15 is 0 Å². The SMILES string of the molecule is Cc1ccc(OC(F)F)c(C(=O)CSc2nnc(C3COc4ccccc4O3)n2C)c1. The zero-order chi connectivity index (χ0) is 22.0. The second-order valence-corrected chi connectivity index (χ2v) is 7.80. The summed E-state index contributed by atoms with van der Waals surface area (Å²) in [6.45, 7) is -0.953. The van der Waals surface area contributed by atoms with Crippen molar-refractivity contribution in [3.05, 3.63) is 59.4 Å². The number of para-hydroxylation sites is 2. The molecule has 0 saturated heterocycles. The van der Waals surface area contributed by atoms with Gasteiger partial charge in [0.15, 0.2) is 34.4 Å². The second-order valence-electron chi connectivity index (χ2n) is 6.85. The highest BCUT2D eigenvalue weighted by Gasteiger charge is 2.27. The summed E-state index contributed by atoms with van der Waals surface area (Å²) in [7, 11) is 1.77. The van der Waals surface area contributed by atoms with Crippen LogP contribution in [0.15, 0.2) is 47.6 Å². The first-order chi connectivity index (χ1) is 14.9. The van der Waals surface area contributed by atoms with E-state index in [-0.39, 0.29) is 29.5 Å². The van der Waals surface area contributed by atoms with Crippen molar-refractivity contribution in [1.82, 2.24) is 14.8 Å². The molecule has 31 heavy (non-hydrogen) atoms. The number of carbonyl (C=O) groups is 1. The van der Waals surface area contributed by atoms with Crippen LogP contribution in [-0.4, -0.2) is 39.5 Å². The summed E-state index contributed by atoms with van der Waals surface area (Å²) in [6, 6.07) is 11.9. The van der Waals surface area contributed by atoms with Crippen LogP contribution >= 0.6 is 11.8 Å². The van der Waals surface area contributed by atoms with Crippen molar-refractivity contribution in [2.24, 2.45) is 7.05 Å². The normalized spacial score (nSPS) is 15.2. The lowest BCUT2D eigenvalue weighted by Gasteiger charge is -2.25. The highest BCUT2D eigenvalue weighted by molar-refractivity contribution is 7.99. The number of nitrogens with zero attached hydrogens (tertiary/aromatic N) is 3. The molecular weight excluding hydrogens is 428 g/mol. The van der Waals surface area contributed by atoms with Gasteiger partial charge in [0.1, 0.15) is 12.4 Å². The summed E-state index contributed by atoms with van der Waals surface area (Å²) in [5, 5.41) is 8.82. The zero-order valence-corrected chi connectivity index (χ0v) is 17.6. The van der Waals surface area contributed by atoms with Gasteiger partial charge in [0.25, 0.3) is 0 Å². The summed E-state index contributed by atoms with van der Waals surface area (Å²) in [4.78, 5) is 12.7. The minimum atomic E-state index is -3.01. The maximum absolute atomic E-state index is 12.7. The smallest absolute Gasteiger partial charge is 0.387 e. The van der Waals surface area contributed by atoms with E-state index < -0.39 is 12.7 Å². The van der Waals surface area contributed by atoms with Crippen LogP contribution in [0.5, 0.6) is 17.2 Å². The molecule has 0 amide bonds. The number of aryl methyl sites for hydroxylation is 1. The molecule has 0 N–H and O–H groups in total. The molecular formula is C21H19F2N3O4S. The molecule has 1 atom stereocenters. The molecule has 3 aromatic rings. The third-order valence-electron chi connectivity index (χ3n) is 4.65. The molecule has 4 rings (SSSR count). The van der Waals surface area contributed by atoms with E-state index in [4.69, 9.17) is 9.47 Å². The maximum atomic E-state index is 12.7. The maximum Gasteiger partial charge on any atom is 0.387 e. The molecule has 162 valence electrons. The van der Waals surface area contributed by atoms with Gasteiger partial charge < -0.3 is 18.8 Å². The van der Waals surface area contributed by atoms with Crippen LogP contribution in [-0.2, 0) is 7.05 Å². The van der Waals surface area contributed by atoms with Crippen molar-refractivity contribution < 1.29 is 27.8 Å². The molecule has 1 aliphatic heterocycles. The Morgan fingerprint density at radius 2 is 2.03 bits per heavy atom. The molecule has 7 nitrogen and oxygen atoms in total. The van der Waals surface area contributed by atoms with E-state index in [1.54, 1.807) is 24.6 Å². The number of ether oxygens (including phenoxy) is 3. The molecule has 10 heteroatoms. The molecule has 1 aromatic heterocycles. The third-order valence-corrected chi connectivity index (χ3v) is 5.67. The van der Waals surface area contributed by atoms with Crippen molar-refractivity contribution >= 4 is 17.5 Å². The van der Waals surface area contributed by atoms with Gasteiger partial charge in [-0.05, 0) is 31.2 Å². The molecule has 0 fully saturated rings. The monoisotopic (exact) mass is 447 g/mol. The van der Waals surface area contributed by atoms with Crippen LogP contribution < -0.4 is 14.2 Å². The van der Waals surface area contributed by atoms with Crippen molar-refractivity contribution in [3.63, 3.8) is 0 Å².